The smallest absolute Gasteiger partial charge is 0.326 e. The van der Waals surface area contributed by atoms with Gasteiger partial charge in [0, 0.05) is 5.22 Å². The van der Waals surface area contributed by atoms with E-state index in [4.69, 9.17) is 17.0 Å². The molecule has 2 aromatic rings. The van der Waals surface area contributed by atoms with Gasteiger partial charge in [0.25, 0.3) is 5.91 Å². The first kappa shape index (κ1) is 16.5. The number of esters is 1. The van der Waals surface area contributed by atoms with Gasteiger partial charge in [-0.25, -0.2) is 4.99 Å². The molecule has 6 nitrogen and oxygen atoms in total. The molecule has 0 radical (unpaired) electrons. The first-order valence-electron chi connectivity index (χ1n) is 7.25. The summed E-state index contributed by atoms with van der Waals surface area (Å²) in [5.41, 5.74) is 1.29. The topological polar surface area (TPSA) is 80.9 Å². The van der Waals surface area contributed by atoms with Gasteiger partial charge < -0.3 is 9.84 Å². The summed E-state index contributed by atoms with van der Waals surface area (Å²) in [6.07, 6.45) is 0. The van der Waals surface area contributed by atoms with Crippen LogP contribution in [0.25, 0.3) is 5.57 Å². The number of aromatic nitrogens is 1. The number of nitrogens with zero attached hydrogens (tertiary/aromatic N) is 2. The number of carbonyl (C=O) groups excluding carboxylic acids is 2. The second-order valence-corrected chi connectivity index (χ2v) is 6.87. The summed E-state index contributed by atoms with van der Waals surface area (Å²) < 4.78 is 6.43. The minimum Gasteiger partial charge on any atom is -0.493 e. The number of rotatable bonds is 4. The maximum atomic E-state index is 12.3. The van der Waals surface area contributed by atoms with Gasteiger partial charge in [-0.05, 0) is 38.2 Å². The van der Waals surface area contributed by atoms with Crippen LogP contribution in [0.5, 0.6) is 5.88 Å². The summed E-state index contributed by atoms with van der Waals surface area (Å²) in [4.78, 5) is 28.3. The highest BCUT2D eigenvalue weighted by molar-refractivity contribution is 7.73. The molecule has 0 atom stereocenters. The van der Waals surface area contributed by atoms with E-state index in [9.17, 15) is 14.7 Å². The Kier molecular flexibility index (Phi) is 4.33. The van der Waals surface area contributed by atoms with E-state index < -0.39 is 11.9 Å². The fourth-order valence-electron chi connectivity index (χ4n) is 2.48. The number of hydrogen-bond donors (Lipinski definition) is 1. The lowest BCUT2D eigenvalue weighted by Gasteiger charge is -2.05. The molecule has 124 valence electrons. The van der Waals surface area contributed by atoms with Crippen molar-refractivity contribution >= 4 is 41.0 Å². The third kappa shape index (κ3) is 2.78. The van der Waals surface area contributed by atoms with Crippen LogP contribution in [0.15, 0.2) is 23.2 Å². The van der Waals surface area contributed by atoms with Crippen LogP contribution < -0.4 is 10.6 Å². The van der Waals surface area contributed by atoms with Crippen LogP contribution in [0.2, 0.25) is 0 Å². The molecule has 1 aliphatic heterocycles. The molecule has 1 aromatic heterocycles. The summed E-state index contributed by atoms with van der Waals surface area (Å²) in [5.74, 6) is -1.15. The summed E-state index contributed by atoms with van der Waals surface area (Å²) in [6, 6.07) is 5.48. The van der Waals surface area contributed by atoms with Gasteiger partial charge in [0.15, 0.2) is 3.95 Å². The van der Waals surface area contributed by atoms with E-state index in [1.54, 1.807) is 13.0 Å². The maximum Gasteiger partial charge on any atom is 0.326 e. The van der Waals surface area contributed by atoms with Gasteiger partial charge >= 0.3 is 5.97 Å². The van der Waals surface area contributed by atoms with Crippen molar-refractivity contribution in [3.8, 4) is 5.88 Å². The van der Waals surface area contributed by atoms with Crippen molar-refractivity contribution in [1.29, 1.82) is 0 Å². The zero-order valence-electron chi connectivity index (χ0n) is 13.0. The van der Waals surface area contributed by atoms with Gasteiger partial charge in [-0.3, -0.25) is 14.2 Å². The van der Waals surface area contributed by atoms with E-state index >= 15 is 0 Å². The third-order valence-electron chi connectivity index (χ3n) is 3.55. The van der Waals surface area contributed by atoms with E-state index in [0.717, 1.165) is 16.9 Å². The third-order valence-corrected chi connectivity index (χ3v) is 5.00. The van der Waals surface area contributed by atoms with E-state index in [1.165, 1.54) is 4.57 Å². The van der Waals surface area contributed by atoms with Crippen molar-refractivity contribution in [2.45, 2.75) is 20.4 Å². The normalized spacial score (nSPS) is 12.9. The second-order valence-electron chi connectivity index (χ2n) is 5.22. The van der Waals surface area contributed by atoms with E-state index in [1.807, 2.05) is 19.1 Å². The lowest BCUT2D eigenvalue weighted by Crippen LogP contribution is -2.23. The van der Waals surface area contributed by atoms with Gasteiger partial charge in [0.1, 0.15) is 11.4 Å². The molecule has 0 unspecified atom stereocenters. The molecule has 0 saturated carbocycles. The van der Waals surface area contributed by atoms with Gasteiger partial charge in [0.05, 0.1) is 17.5 Å². The van der Waals surface area contributed by atoms with Gasteiger partial charge in [-0.1, -0.05) is 11.6 Å². The van der Waals surface area contributed by atoms with Crippen molar-refractivity contribution in [3.63, 3.8) is 0 Å². The van der Waals surface area contributed by atoms with Gasteiger partial charge in [0.2, 0.25) is 5.88 Å². The molecule has 1 N–H and O–H groups in total. The Balaban J connectivity index is 2.17. The zero-order valence-corrected chi connectivity index (χ0v) is 14.7. The second kappa shape index (κ2) is 6.29. The van der Waals surface area contributed by atoms with Gasteiger partial charge in [-0.2, -0.15) is 0 Å². The summed E-state index contributed by atoms with van der Waals surface area (Å²) in [7, 11) is 0. The van der Waals surface area contributed by atoms with E-state index in [2.05, 4.69) is 4.99 Å². The van der Waals surface area contributed by atoms with Crippen molar-refractivity contribution in [2.24, 2.45) is 4.99 Å². The Bertz CT molecular complexity index is 1030. The molecule has 0 spiro atoms. The minimum absolute atomic E-state index is 0.200. The average molecular weight is 362 g/mol. The van der Waals surface area contributed by atoms with Crippen molar-refractivity contribution in [2.75, 3.05) is 6.61 Å². The predicted molar refractivity (Wildman–Crippen MR) is 90.9 cm³/mol. The largest absolute Gasteiger partial charge is 0.493 e. The summed E-state index contributed by atoms with van der Waals surface area (Å²) in [6.45, 7) is 3.65. The lowest BCUT2D eigenvalue weighted by atomic mass is 10.1. The fourth-order valence-corrected chi connectivity index (χ4v) is 3.82. The zero-order chi connectivity index (χ0) is 17.4. The molecule has 0 bridgehead atoms. The van der Waals surface area contributed by atoms with E-state index in [0.29, 0.717) is 21.0 Å². The highest BCUT2D eigenvalue weighted by Crippen LogP contribution is 2.32. The first-order chi connectivity index (χ1) is 11.4. The highest BCUT2D eigenvalue weighted by atomic mass is 32.1. The molecule has 3 rings (SSSR count). The fraction of sp³-hybridized carbons (Fsp3) is 0.250. The van der Waals surface area contributed by atoms with Crippen molar-refractivity contribution < 1.29 is 19.4 Å². The summed E-state index contributed by atoms with van der Waals surface area (Å²) >= 11 is 6.29. The van der Waals surface area contributed by atoms with Crippen LogP contribution in [0, 0.1) is 10.9 Å². The monoisotopic (exact) mass is 362 g/mol. The van der Waals surface area contributed by atoms with Gasteiger partial charge in [-0.15, -0.1) is 11.3 Å². The number of fused-ring (bicyclic) bond motifs is 1. The Hall–Kier alpha value is -2.32. The maximum absolute atomic E-state index is 12.3. The predicted octanol–water partition coefficient (Wildman–Crippen LogP) is 1.22. The summed E-state index contributed by atoms with van der Waals surface area (Å²) in [5, 5.41) is 11.7. The molecule has 0 fully saturated rings. The number of thiazole rings is 1. The Morgan fingerprint density at radius 2 is 2.21 bits per heavy atom. The standard InChI is InChI=1S/C16H14N2O4S2/c1-3-22-11(19)7-18-15(21)13(24-16(18)23)12-9-6-8(2)4-5-10(9)17-14(12)20/h4-6,21H,3,7H2,1-2H3. The quantitative estimate of drug-likeness (QED) is 0.653. The van der Waals surface area contributed by atoms with Crippen molar-refractivity contribution in [3.05, 3.63) is 43.2 Å². The van der Waals surface area contributed by atoms with E-state index in [-0.39, 0.29) is 23.0 Å². The molecular formula is C16H14N2O4S2. The molecule has 0 saturated heterocycles. The Morgan fingerprint density at radius 3 is 2.92 bits per heavy atom. The number of ether oxygens (including phenoxy) is 1. The van der Waals surface area contributed by atoms with Crippen LogP contribution >= 0.6 is 23.6 Å². The SMILES string of the molecule is CCOC(=O)Cn1c(O)c(C2=c3cc(C)ccc3=NC2=O)sc1=S. The number of hydrogen-bond acceptors (Lipinski definition) is 6. The van der Waals surface area contributed by atoms with Crippen LogP contribution in [0.3, 0.4) is 0 Å². The number of benzene rings is 1. The average Bonchev–Trinajstić information content (AvgIpc) is 2.97. The molecular weight excluding hydrogens is 348 g/mol. The molecule has 1 aromatic carbocycles. The number of aryl methyl sites for hydroxylation is 1. The molecule has 24 heavy (non-hydrogen) atoms. The first-order valence-corrected chi connectivity index (χ1v) is 8.47. The minimum atomic E-state index is -0.503. The number of aromatic hydroxyl groups is 1. The molecule has 1 amide bonds. The van der Waals surface area contributed by atoms with Crippen LogP contribution in [0.4, 0.5) is 0 Å². The van der Waals surface area contributed by atoms with Crippen LogP contribution in [-0.2, 0) is 20.9 Å². The molecule has 8 heteroatoms. The molecule has 2 heterocycles. The lowest BCUT2D eigenvalue weighted by molar-refractivity contribution is -0.143. The van der Waals surface area contributed by atoms with Crippen LogP contribution in [0.1, 0.15) is 17.4 Å². The number of amides is 1. The Morgan fingerprint density at radius 1 is 1.46 bits per heavy atom. The number of carbonyl (C=O) groups is 2. The highest BCUT2D eigenvalue weighted by Gasteiger charge is 2.26. The molecule has 0 aliphatic carbocycles. The Labute approximate surface area is 146 Å². The molecule has 1 aliphatic rings. The van der Waals surface area contributed by atoms with Crippen molar-refractivity contribution in [1.82, 2.24) is 4.57 Å². The van der Waals surface area contributed by atoms with Crippen LogP contribution in [-0.4, -0.2) is 28.2 Å².